The molecule has 0 N–H and O–H groups in total. The molecule has 2 heterocycles. The molecule has 0 bridgehead atoms. The summed E-state index contributed by atoms with van der Waals surface area (Å²) >= 11 is 14.9. The molecule has 4 nitrogen and oxygen atoms in total. The second-order valence-electron chi connectivity index (χ2n) is 4.32. The largest absolute Gasteiger partial charge is 0.370 e. The van der Waals surface area contributed by atoms with Crippen LogP contribution in [0.15, 0.2) is 28.0 Å². The van der Waals surface area contributed by atoms with Crippen LogP contribution >= 0.6 is 46.7 Å². The van der Waals surface area contributed by atoms with Gasteiger partial charge in [-0.2, -0.15) is 5.06 Å². The molecule has 0 aromatic heterocycles. The fourth-order valence-corrected chi connectivity index (χ4v) is 4.90. The van der Waals surface area contributed by atoms with E-state index in [4.69, 9.17) is 28.0 Å². The zero-order valence-corrected chi connectivity index (χ0v) is 13.7. The summed E-state index contributed by atoms with van der Waals surface area (Å²) in [5.41, 5.74) is 0.799. The molecule has 0 atom stereocenters. The molecule has 3 rings (SSSR count). The Balaban J connectivity index is 1.83. The Labute approximate surface area is 139 Å². The number of benzene rings is 1. The smallest absolute Gasteiger partial charge is 0.332 e. The summed E-state index contributed by atoms with van der Waals surface area (Å²) in [5.74, 6) is 0.782. The maximum Gasteiger partial charge on any atom is 0.370 e. The third-order valence-electron chi connectivity index (χ3n) is 2.92. The zero-order chi connectivity index (χ0) is 15.0. The van der Waals surface area contributed by atoms with E-state index in [0.717, 1.165) is 20.8 Å². The van der Waals surface area contributed by atoms with E-state index in [0.29, 0.717) is 15.6 Å². The van der Waals surface area contributed by atoms with Crippen LogP contribution in [0.4, 0.5) is 0 Å². The van der Waals surface area contributed by atoms with Crippen LogP contribution in [0.3, 0.4) is 0 Å². The molecule has 1 amide bonds. The van der Waals surface area contributed by atoms with Crippen molar-refractivity contribution >= 4 is 58.6 Å². The molecule has 0 aliphatic carbocycles. The molecule has 2 aliphatic rings. The number of thioether (sulfide) groups is 2. The molecule has 21 heavy (non-hydrogen) atoms. The molecule has 0 radical (unpaired) electrons. The van der Waals surface area contributed by atoms with Gasteiger partial charge in [-0.25, -0.2) is 4.79 Å². The molecule has 0 saturated carbocycles. The van der Waals surface area contributed by atoms with E-state index in [2.05, 4.69) is 0 Å². The minimum absolute atomic E-state index is 0.104. The minimum Gasteiger partial charge on any atom is -0.332 e. The van der Waals surface area contributed by atoms with Gasteiger partial charge in [0.2, 0.25) is 0 Å². The Morgan fingerprint density at radius 1 is 1.19 bits per heavy atom. The van der Waals surface area contributed by atoms with Crippen molar-refractivity contribution in [3.05, 3.63) is 43.6 Å². The molecule has 1 aromatic carbocycles. The van der Waals surface area contributed by atoms with E-state index < -0.39 is 11.9 Å². The lowest BCUT2D eigenvalue weighted by Crippen LogP contribution is -2.23. The molecule has 0 spiro atoms. The quantitative estimate of drug-likeness (QED) is 0.595. The van der Waals surface area contributed by atoms with Crippen LogP contribution < -0.4 is 0 Å². The van der Waals surface area contributed by atoms with Crippen LogP contribution in [-0.4, -0.2) is 28.4 Å². The Morgan fingerprint density at radius 3 is 2.57 bits per heavy atom. The van der Waals surface area contributed by atoms with Crippen LogP contribution in [-0.2, 0) is 21.0 Å². The Kier molecular flexibility index (Phi) is 4.40. The van der Waals surface area contributed by atoms with Crippen LogP contribution in [0.5, 0.6) is 0 Å². The molecule has 8 heteroatoms. The van der Waals surface area contributed by atoms with Crippen molar-refractivity contribution in [3.63, 3.8) is 0 Å². The summed E-state index contributed by atoms with van der Waals surface area (Å²) in [6.07, 6.45) is 0. The second-order valence-corrected chi connectivity index (χ2v) is 7.63. The van der Waals surface area contributed by atoms with Crippen molar-refractivity contribution in [2.45, 2.75) is 6.54 Å². The number of rotatable bonds is 2. The lowest BCUT2D eigenvalue weighted by Gasteiger charge is -2.13. The van der Waals surface area contributed by atoms with Gasteiger partial charge in [-0.05, 0) is 17.7 Å². The monoisotopic (exact) mass is 361 g/mol. The first-order valence-corrected chi connectivity index (χ1v) is 8.77. The molecule has 2 fully saturated rings. The van der Waals surface area contributed by atoms with Gasteiger partial charge in [-0.15, -0.1) is 23.5 Å². The standard InChI is InChI=1S/C13H9Cl2NO3S2/c14-8-2-1-7(9(15)5-8)6-16-11(17)10(12(18)19-16)13-20-3-4-21-13/h1-2,5H,3-4,6H2. The van der Waals surface area contributed by atoms with Gasteiger partial charge in [-0.1, -0.05) is 29.3 Å². The van der Waals surface area contributed by atoms with Gasteiger partial charge in [0, 0.05) is 21.6 Å². The first kappa shape index (κ1) is 15.1. The van der Waals surface area contributed by atoms with E-state index in [9.17, 15) is 9.59 Å². The highest BCUT2D eigenvalue weighted by molar-refractivity contribution is 8.25. The molecule has 0 unspecified atom stereocenters. The minimum atomic E-state index is -0.595. The highest BCUT2D eigenvalue weighted by Gasteiger charge is 2.40. The zero-order valence-electron chi connectivity index (χ0n) is 10.6. The topological polar surface area (TPSA) is 46.6 Å². The number of halogens is 2. The van der Waals surface area contributed by atoms with E-state index >= 15 is 0 Å². The Bertz CT molecular complexity index is 655. The van der Waals surface area contributed by atoms with Gasteiger partial charge in [0.05, 0.1) is 10.8 Å². The summed E-state index contributed by atoms with van der Waals surface area (Å²) in [6, 6.07) is 4.96. The van der Waals surface area contributed by atoms with Crippen LogP contribution in [0, 0.1) is 0 Å². The summed E-state index contributed by atoms with van der Waals surface area (Å²) < 4.78 is 0.745. The van der Waals surface area contributed by atoms with Crippen molar-refractivity contribution in [2.75, 3.05) is 11.5 Å². The highest BCUT2D eigenvalue weighted by atomic mass is 35.5. The van der Waals surface area contributed by atoms with E-state index in [1.54, 1.807) is 18.2 Å². The predicted molar refractivity (Wildman–Crippen MR) is 85.0 cm³/mol. The van der Waals surface area contributed by atoms with Gasteiger partial charge in [-0.3, -0.25) is 4.79 Å². The lowest BCUT2D eigenvalue weighted by atomic mass is 10.2. The highest BCUT2D eigenvalue weighted by Crippen LogP contribution is 2.41. The fraction of sp³-hybridized carbons (Fsp3) is 0.231. The summed E-state index contributed by atoms with van der Waals surface area (Å²) in [4.78, 5) is 29.3. The van der Waals surface area contributed by atoms with E-state index in [1.165, 1.54) is 23.5 Å². The van der Waals surface area contributed by atoms with Gasteiger partial charge < -0.3 is 4.84 Å². The van der Waals surface area contributed by atoms with Crippen molar-refractivity contribution in [3.8, 4) is 0 Å². The summed E-state index contributed by atoms with van der Waals surface area (Å²) in [6.45, 7) is 0.104. The predicted octanol–water partition coefficient (Wildman–Crippen LogP) is 3.49. The van der Waals surface area contributed by atoms with Gasteiger partial charge >= 0.3 is 5.97 Å². The Hall–Kier alpha value is -0.820. The lowest BCUT2D eigenvalue weighted by molar-refractivity contribution is -0.180. The summed E-state index contributed by atoms with van der Waals surface area (Å²) in [5, 5.41) is 1.98. The maximum atomic E-state index is 12.3. The second kappa shape index (κ2) is 6.12. The van der Waals surface area contributed by atoms with Crippen molar-refractivity contribution in [1.29, 1.82) is 0 Å². The summed E-state index contributed by atoms with van der Waals surface area (Å²) in [7, 11) is 0. The first-order valence-electron chi connectivity index (χ1n) is 6.04. The van der Waals surface area contributed by atoms with Crippen LogP contribution in [0.2, 0.25) is 10.0 Å². The molecular formula is C13H9Cl2NO3S2. The van der Waals surface area contributed by atoms with Gasteiger partial charge in [0.1, 0.15) is 5.57 Å². The van der Waals surface area contributed by atoms with E-state index in [-0.39, 0.29) is 12.1 Å². The maximum absolute atomic E-state index is 12.3. The number of carbonyl (C=O) groups is 2. The van der Waals surface area contributed by atoms with Gasteiger partial charge in [0.15, 0.2) is 0 Å². The molecule has 1 aromatic rings. The fourth-order valence-electron chi connectivity index (χ4n) is 1.93. The van der Waals surface area contributed by atoms with Gasteiger partial charge in [0.25, 0.3) is 5.91 Å². The SMILES string of the molecule is O=C1ON(Cc2ccc(Cl)cc2Cl)C(=O)C1=C1SCCS1. The number of hydrogen-bond donors (Lipinski definition) is 0. The van der Waals surface area contributed by atoms with Crippen molar-refractivity contribution < 1.29 is 14.4 Å². The van der Waals surface area contributed by atoms with Crippen LogP contribution in [0.25, 0.3) is 0 Å². The van der Waals surface area contributed by atoms with Crippen molar-refractivity contribution in [1.82, 2.24) is 5.06 Å². The Morgan fingerprint density at radius 2 is 1.90 bits per heavy atom. The third kappa shape index (κ3) is 3.04. The average molecular weight is 362 g/mol. The third-order valence-corrected chi connectivity index (χ3v) is 6.22. The molecular weight excluding hydrogens is 353 g/mol. The van der Waals surface area contributed by atoms with E-state index in [1.807, 2.05) is 0 Å². The molecule has 2 aliphatic heterocycles. The van der Waals surface area contributed by atoms with Crippen LogP contribution in [0.1, 0.15) is 5.56 Å². The number of nitrogens with zero attached hydrogens (tertiary/aromatic N) is 1. The average Bonchev–Trinajstić information content (AvgIpc) is 3.02. The molecule has 2 saturated heterocycles. The van der Waals surface area contributed by atoms with Crippen molar-refractivity contribution in [2.24, 2.45) is 0 Å². The normalized spacial score (nSPS) is 18.7. The first-order chi connectivity index (χ1) is 10.1. The number of amides is 1. The number of hydrogen-bond acceptors (Lipinski definition) is 5. The molecule has 110 valence electrons. The number of carbonyl (C=O) groups excluding carboxylic acids is 2. The number of hydroxylamine groups is 2.